The van der Waals surface area contributed by atoms with Gasteiger partial charge in [-0.1, -0.05) is 44.8 Å². The van der Waals surface area contributed by atoms with Crippen LogP contribution in [0.5, 0.6) is 0 Å². The zero-order valence-corrected chi connectivity index (χ0v) is 9.81. The molecule has 1 aliphatic carbocycles. The Bertz CT molecular complexity index is 168. The standard InChI is InChI=1S/C13H25N/c1-4-11(2)9-13(14-3)10-12-7-5-6-8-12/h12-14H,2,4-10H2,1,3H3. The molecule has 1 saturated carbocycles. The summed E-state index contributed by atoms with van der Waals surface area (Å²) in [6.45, 7) is 6.29. The fourth-order valence-electron chi connectivity index (χ4n) is 2.44. The highest BCUT2D eigenvalue weighted by atomic mass is 14.9. The van der Waals surface area contributed by atoms with Gasteiger partial charge in [0.2, 0.25) is 0 Å². The highest BCUT2D eigenvalue weighted by Crippen LogP contribution is 2.29. The van der Waals surface area contributed by atoms with Crippen LogP contribution in [0.3, 0.4) is 0 Å². The predicted molar refractivity (Wildman–Crippen MR) is 63.5 cm³/mol. The molecule has 0 spiro atoms. The summed E-state index contributed by atoms with van der Waals surface area (Å²) in [4.78, 5) is 0. The predicted octanol–water partition coefficient (Wildman–Crippen LogP) is 3.51. The Balaban J connectivity index is 2.26. The second-order valence-corrected chi connectivity index (χ2v) is 4.68. The van der Waals surface area contributed by atoms with Gasteiger partial charge in [-0.3, -0.25) is 0 Å². The second-order valence-electron chi connectivity index (χ2n) is 4.68. The van der Waals surface area contributed by atoms with Gasteiger partial charge in [-0.15, -0.1) is 0 Å². The average molecular weight is 195 g/mol. The van der Waals surface area contributed by atoms with Crippen LogP contribution in [0.1, 0.15) is 51.9 Å². The zero-order valence-electron chi connectivity index (χ0n) is 9.81. The maximum atomic E-state index is 4.10. The molecule has 0 saturated heterocycles. The van der Waals surface area contributed by atoms with Crippen LogP contribution in [0.2, 0.25) is 0 Å². The first-order valence-electron chi connectivity index (χ1n) is 6.10. The van der Waals surface area contributed by atoms with Crippen molar-refractivity contribution < 1.29 is 0 Å². The third kappa shape index (κ3) is 3.83. The molecule has 0 radical (unpaired) electrons. The maximum Gasteiger partial charge on any atom is 0.0104 e. The molecule has 1 N–H and O–H groups in total. The van der Waals surface area contributed by atoms with Gasteiger partial charge < -0.3 is 5.32 Å². The highest BCUT2D eigenvalue weighted by Gasteiger charge is 2.19. The molecule has 1 rings (SSSR count). The minimum Gasteiger partial charge on any atom is -0.317 e. The molecule has 1 aliphatic rings. The van der Waals surface area contributed by atoms with Crippen molar-refractivity contribution in [1.29, 1.82) is 0 Å². The van der Waals surface area contributed by atoms with Crippen LogP contribution in [0.4, 0.5) is 0 Å². The number of hydrogen-bond donors (Lipinski definition) is 1. The lowest BCUT2D eigenvalue weighted by atomic mass is 9.94. The Hall–Kier alpha value is -0.300. The van der Waals surface area contributed by atoms with Crippen LogP contribution >= 0.6 is 0 Å². The second kappa shape index (κ2) is 6.23. The van der Waals surface area contributed by atoms with Gasteiger partial charge in [-0.25, -0.2) is 0 Å². The van der Waals surface area contributed by atoms with Crippen molar-refractivity contribution in [2.24, 2.45) is 5.92 Å². The highest BCUT2D eigenvalue weighted by molar-refractivity contribution is 4.96. The number of hydrogen-bond acceptors (Lipinski definition) is 1. The van der Waals surface area contributed by atoms with Crippen molar-refractivity contribution >= 4 is 0 Å². The summed E-state index contributed by atoms with van der Waals surface area (Å²) in [5, 5.41) is 3.43. The van der Waals surface area contributed by atoms with Crippen LogP contribution in [0.15, 0.2) is 12.2 Å². The van der Waals surface area contributed by atoms with Gasteiger partial charge in [0.25, 0.3) is 0 Å². The van der Waals surface area contributed by atoms with Crippen molar-refractivity contribution in [1.82, 2.24) is 5.32 Å². The van der Waals surface area contributed by atoms with E-state index in [9.17, 15) is 0 Å². The summed E-state index contributed by atoms with van der Waals surface area (Å²) >= 11 is 0. The van der Waals surface area contributed by atoms with E-state index < -0.39 is 0 Å². The van der Waals surface area contributed by atoms with E-state index in [0.717, 1.165) is 12.3 Å². The van der Waals surface area contributed by atoms with Crippen LogP contribution < -0.4 is 5.32 Å². The van der Waals surface area contributed by atoms with Gasteiger partial charge in [0, 0.05) is 6.04 Å². The molecule has 82 valence electrons. The number of rotatable bonds is 6. The van der Waals surface area contributed by atoms with Gasteiger partial charge in [0.1, 0.15) is 0 Å². The molecule has 1 unspecified atom stereocenters. The molecule has 0 aromatic rings. The van der Waals surface area contributed by atoms with Crippen LogP contribution in [0, 0.1) is 5.92 Å². The molecule has 0 bridgehead atoms. The smallest absolute Gasteiger partial charge is 0.0104 e. The Labute approximate surface area is 89.0 Å². The van der Waals surface area contributed by atoms with Crippen molar-refractivity contribution in [3.05, 3.63) is 12.2 Å². The largest absolute Gasteiger partial charge is 0.317 e. The van der Waals surface area contributed by atoms with Crippen molar-refractivity contribution in [3.8, 4) is 0 Å². The molecular formula is C13H25N. The third-order valence-corrected chi connectivity index (χ3v) is 3.54. The summed E-state index contributed by atoms with van der Waals surface area (Å²) in [6.07, 6.45) is 9.47. The fraction of sp³-hybridized carbons (Fsp3) is 0.846. The maximum absolute atomic E-state index is 4.10. The minimum absolute atomic E-state index is 0.672. The molecule has 14 heavy (non-hydrogen) atoms. The first-order chi connectivity index (χ1) is 6.76. The van der Waals surface area contributed by atoms with Gasteiger partial charge in [0.15, 0.2) is 0 Å². The van der Waals surface area contributed by atoms with E-state index in [1.807, 2.05) is 0 Å². The lowest BCUT2D eigenvalue weighted by Crippen LogP contribution is -2.27. The van der Waals surface area contributed by atoms with Crippen LogP contribution in [0.25, 0.3) is 0 Å². The Morgan fingerprint density at radius 1 is 1.43 bits per heavy atom. The third-order valence-electron chi connectivity index (χ3n) is 3.54. The van der Waals surface area contributed by atoms with Crippen molar-refractivity contribution in [3.63, 3.8) is 0 Å². The fourth-order valence-corrected chi connectivity index (χ4v) is 2.44. The Morgan fingerprint density at radius 3 is 2.57 bits per heavy atom. The quantitative estimate of drug-likeness (QED) is 0.640. The summed E-state index contributed by atoms with van der Waals surface area (Å²) in [7, 11) is 2.09. The summed E-state index contributed by atoms with van der Waals surface area (Å²) < 4.78 is 0. The van der Waals surface area contributed by atoms with Crippen LogP contribution in [-0.4, -0.2) is 13.1 Å². The summed E-state index contributed by atoms with van der Waals surface area (Å²) in [5.74, 6) is 0.983. The molecule has 0 aliphatic heterocycles. The molecule has 0 aromatic heterocycles. The molecule has 1 fully saturated rings. The minimum atomic E-state index is 0.672. The van der Waals surface area contributed by atoms with Crippen molar-refractivity contribution in [2.75, 3.05) is 7.05 Å². The van der Waals surface area contributed by atoms with Gasteiger partial charge >= 0.3 is 0 Å². The molecule has 1 atom stereocenters. The zero-order chi connectivity index (χ0) is 10.4. The summed E-state index contributed by atoms with van der Waals surface area (Å²) in [6, 6.07) is 0.672. The first-order valence-corrected chi connectivity index (χ1v) is 6.10. The Morgan fingerprint density at radius 2 is 2.07 bits per heavy atom. The molecular weight excluding hydrogens is 170 g/mol. The van der Waals surface area contributed by atoms with E-state index in [4.69, 9.17) is 0 Å². The van der Waals surface area contributed by atoms with E-state index in [0.29, 0.717) is 6.04 Å². The SMILES string of the molecule is C=C(CC)CC(CC1CCCC1)NC. The van der Waals surface area contributed by atoms with E-state index in [1.165, 1.54) is 44.1 Å². The molecule has 0 heterocycles. The lowest BCUT2D eigenvalue weighted by Gasteiger charge is -2.20. The molecule has 1 heteroatoms. The summed E-state index contributed by atoms with van der Waals surface area (Å²) in [5.41, 5.74) is 1.39. The Kier molecular flexibility index (Phi) is 5.24. The van der Waals surface area contributed by atoms with Gasteiger partial charge in [-0.05, 0) is 32.2 Å². The van der Waals surface area contributed by atoms with E-state index in [2.05, 4.69) is 25.9 Å². The van der Waals surface area contributed by atoms with Gasteiger partial charge in [0.05, 0.1) is 0 Å². The lowest BCUT2D eigenvalue weighted by molar-refractivity contribution is 0.400. The van der Waals surface area contributed by atoms with E-state index in [-0.39, 0.29) is 0 Å². The van der Waals surface area contributed by atoms with E-state index in [1.54, 1.807) is 0 Å². The van der Waals surface area contributed by atoms with Crippen LogP contribution in [-0.2, 0) is 0 Å². The average Bonchev–Trinajstić information content (AvgIpc) is 2.69. The molecule has 1 nitrogen and oxygen atoms in total. The number of nitrogens with one attached hydrogen (secondary N) is 1. The topological polar surface area (TPSA) is 12.0 Å². The van der Waals surface area contributed by atoms with E-state index >= 15 is 0 Å². The normalized spacial score (nSPS) is 19.9. The monoisotopic (exact) mass is 195 g/mol. The molecule has 0 amide bonds. The van der Waals surface area contributed by atoms with Gasteiger partial charge in [-0.2, -0.15) is 0 Å². The molecule has 0 aromatic carbocycles. The first kappa shape index (κ1) is 11.8. The van der Waals surface area contributed by atoms with Crippen molar-refractivity contribution in [2.45, 2.75) is 57.9 Å².